The number of hydrogen-bond acceptors (Lipinski definition) is 2. The smallest absolute Gasteiger partial charge is 0.313 e. The van der Waals surface area contributed by atoms with Crippen LogP contribution in [0.5, 0.6) is 0 Å². The maximum atomic E-state index is 12.9. The van der Waals surface area contributed by atoms with Crippen molar-refractivity contribution in [3.8, 4) is 0 Å². The van der Waals surface area contributed by atoms with E-state index in [2.05, 4.69) is 11.3 Å². The Morgan fingerprint density at radius 2 is 1.95 bits per heavy atom. The molecule has 0 bridgehead atoms. The molecule has 113 valence electrons. The Kier molecular flexibility index (Phi) is 4.54. The highest BCUT2D eigenvalue weighted by molar-refractivity contribution is 5.50. The lowest BCUT2D eigenvalue weighted by molar-refractivity contribution is 0.0509. The van der Waals surface area contributed by atoms with Crippen molar-refractivity contribution in [2.45, 2.75) is 50.7 Å². The molecule has 1 aliphatic heterocycles. The minimum absolute atomic E-state index is 0.190. The second-order valence-electron chi connectivity index (χ2n) is 6.12. The van der Waals surface area contributed by atoms with Crippen molar-refractivity contribution in [3.63, 3.8) is 0 Å². The van der Waals surface area contributed by atoms with Gasteiger partial charge in [0.2, 0.25) is 0 Å². The SMILES string of the molecule is O=[C]N(C1CC1)C1CCCCN1CCc1ccc(F)cc1. The second-order valence-corrected chi connectivity index (χ2v) is 6.12. The fourth-order valence-electron chi connectivity index (χ4n) is 3.20. The van der Waals surface area contributed by atoms with Crippen LogP contribution in [0.25, 0.3) is 0 Å². The Balaban J connectivity index is 1.61. The fraction of sp³-hybridized carbons (Fsp3) is 0.588. The molecule has 1 aromatic carbocycles. The zero-order valence-electron chi connectivity index (χ0n) is 12.3. The Labute approximate surface area is 125 Å². The highest BCUT2D eigenvalue weighted by Gasteiger charge is 2.37. The predicted molar refractivity (Wildman–Crippen MR) is 79.9 cm³/mol. The van der Waals surface area contributed by atoms with Gasteiger partial charge in [-0.05, 0) is 56.2 Å². The number of halogens is 1. The van der Waals surface area contributed by atoms with Crippen LogP contribution in [0.4, 0.5) is 4.39 Å². The normalized spacial score (nSPS) is 23.0. The first-order valence-corrected chi connectivity index (χ1v) is 7.92. The summed E-state index contributed by atoms with van der Waals surface area (Å²) < 4.78 is 12.9. The lowest BCUT2D eigenvalue weighted by Crippen LogP contribution is -2.51. The molecule has 1 saturated heterocycles. The van der Waals surface area contributed by atoms with Gasteiger partial charge in [-0.3, -0.25) is 9.69 Å². The molecular weight excluding hydrogens is 267 g/mol. The quantitative estimate of drug-likeness (QED) is 0.752. The first kappa shape index (κ1) is 14.5. The van der Waals surface area contributed by atoms with Gasteiger partial charge in [0.05, 0.1) is 6.17 Å². The number of benzene rings is 1. The molecule has 4 heteroatoms. The Morgan fingerprint density at radius 1 is 1.19 bits per heavy atom. The van der Waals surface area contributed by atoms with Crippen molar-refractivity contribution in [2.75, 3.05) is 13.1 Å². The van der Waals surface area contributed by atoms with Gasteiger partial charge in [0.25, 0.3) is 0 Å². The lowest BCUT2D eigenvalue weighted by Gasteiger charge is -2.40. The van der Waals surface area contributed by atoms with Gasteiger partial charge in [0, 0.05) is 19.1 Å². The minimum Gasteiger partial charge on any atom is -0.316 e. The first-order chi connectivity index (χ1) is 10.3. The number of carbonyl (C=O) groups excluding carboxylic acids is 1. The number of amides is 1. The van der Waals surface area contributed by atoms with Crippen molar-refractivity contribution in [1.82, 2.24) is 9.80 Å². The number of hydrogen-bond donors (Lipinski definition) is 0. The van der Waals surface area contributed by atoms with E-state index >= 15 is 0 Å². The molecule has 0 spiro atoms. The van der Waals surface area contributed by atoms with E-state index in [0.717, 1.165) is 44.3 Å². The van der Waals surface area contributed by atoms with Gasteiger partial charge in [-0.2, -0.15) is 0 Å². The predicted octanol–water partition coefficient (Wildman–Crippen LogP) is 2.71. The topological polar surface area (TPSA) is 23.6 Å². The third-order valence-corrected chi connectivity index (χ3v) is 4.55. The first-order valence-electron chi connectivity index (χ1n) is 7.92. The van der Waals surface area contributed by atoms with E-state index in [4.69, 9.17) is 0 Å². The Morgan fingerprint density at radius 3 is 2.62 bits per heavy atom. The average molecular weight is 289 g/mol. The molecule has 2 fully saturated rings. The van der Waals surface area contributed by atoms with E-state index in [-0.39, 0.29) is 12.0 Å². The van der Waals surface area contributed by atoms with E-state index in [0.29, 0.717) is 6.04 Å². The maximum absolute atomic E-state index is 12.9. The summed E-state index contributed by atoms with van der Waals surface area (Å²) in [6.45, 7) is 1.96. The summed E-state index contributed by atoms with van der Waals surface area (Å²) in [7, 11) is 0. The molecule has 21 heavy (non-hydrogen) atoms. The summed E-state index contributed by atoms with van der Waals surface area (Å²) in [5.41, 5.74) is 1.15. The van der Waals surface area contributed by atoms with Gasteiger partial charge in [-0.25, -0.2) is 4.39 Å². The zero-order chi connectivity index (χ0) is 14.7. The standard InChI is InChI=1S/C17H22FN2O/c18-15-6-4-14(5-7-15)10-12-19-11-2-1-3-17(19)20(13-21)16-8-9-16/h4-7,16-17H,1-3,8-12H2. The molecule has 1 saturated carbocycles. The monoisotopic (exact) mass is 289 g/mol. The van der Waals surface area contributed by atoms with Crippen LogP contribution in [-0.4, -0.2) is 41.5 Å². The number of nitrogens with zero attached hydrogens (tertiary/aromatic N) is 2. The van der Waals surface area contributed by atoms with Gasteiger partial charge >= 0.3 is 6.41 Å². The molecule has 2 aliphatic rings. The summed E-state index contributed by atoms with van der Waals surface area (Å²) in [4.78, 5) is 15.6. The van der Waals surface area contributed by atoms with E-state index in [1.54, 1.807) is 0 Å². The van der Waals surface area contributed by atoms with Crippen LogP contribution in [0.3, 0.4) is 0 Å². The van der Waals surface area contributed by atoms with Crippen LogP contribution in [0, 0.1) is 5.82 Å². The third kappa shape index (κ3) is 3.62. The van der Waals surface area contributed by atoms with Crippen LogP contribution in [0.1, 0.15) is 37.7 Å². The molecule has 0 aromatic heterocycles. The largest absolute Gasteiger partial charge is 0.316 e. The van der Waals surface area contributed by atoms with Crippen molar-refractivity contribution < 1.29 is 9.18 Å². The van der Waals surface area contributed by atoms with Gasteiger partial charge in [-0.15, -0.1) is 0 Å². The van der Waals surface area contributed by atoms with Gasteiger partial charge < -0.3 is 4.90 Å². The lowest BCUT2D eigenvalue weighted by atomic mass is 10.0. The summed E-state index contributed by atoms with van der Waals surface area (Å²) >= 11 is 0. The van der Waals surface area contributed by atoms with E-state index in [9.17, 15) is 9.18 Å². The van der Waals surface area contributed by atoms with Crippen LogP contribution in [0.15, 0.2) is 24.3 Å². The van der Waals surface area contributed by atoms with Crippen LogP contribution in [-0.2, 0) is 11.2 Å². The molecule has 1 amide bonds. The molecule has 1 atom stereocenters. The van der Waals surface area contributed by atoms with Gasteiger partial charge in [-0.1, -0.05) is 12.1 Å². The molecule has 1 aromatic rings. The van der Waals surface area contributed by atoms with Gasteiger partial charge in [0.1, 0.15) is 5.82 Å². The molecule has 1 unspecified atom stereocenters. The van der Waals surface area contributed by atoms with E-state index in [1.807, 2.05) is 17.0 Å². The highest BCUT2D eigenvalue weighted by Crippen LogP contribution is 2.31. The van der Waals surface area contributed by atoms with Crippen molar-refractivity contribution in [3.05, 3.63) is 35.6 Å². The van der Waals surface area contributed by atoms with E-state index < -0.39 is 0 Å². The Hall–Kier alpha value is -1.42. The molecular formula is C17H22FN2O. The number of rotatable bonds is 6. The van der Waals surface area contributed by atoms with Crippen molar-refractivity contribution in [2.24, 2.45) is 0 Å². The molecule has 1 aliphatic carbocycles. The van der Waals surface area contributed by atoms with Crippen molar-refractivity contribution >= 4 is 6.41 Å². The Bertz CT molecular complexity index is 472. The number of likely N-dealkylation sites (tertiary alicyclic amines) is 1. The molecule has 3 nitrogen and oxygen atoms in total. The molecule has 1 radical (unpaired) electrons. The zero-order valence-corrected chi connectivity index (χ0v) is 12.3. The van der Waals surface area contributed by atoms with Crippen LogP contribution in [0.2, 0.25) is 0 Å². The van der Waals surface area contributed by atoms with Crippen LogP contribution >= 0.6 is 0 Å². The fourth-order valence-corrected chi connectivity index (χ4v) is 3.20. The minimum atomic E-state index is -0.190. The van der Waals surface area contributed by atoms with Gasteiger partial charge in [0.15, 0.2) is 0 Å². The summed E-state index contributed by atoms with van der Waals surface area (Å²) in [5, 5.41) is 0. The van der Waals surface area contributed by atoms with Crippen LogP contribution < -0.4 is 0 Å². The number of piperidine rings is 1. The summed E-state index contributed by atoms with van der Waals surface area (Å²) in [5.74, 6) is -0.190. The molecule has 3 rings (SSSR count). The molecule has 0 N–H and O–H groups in total. The van der Waals surface area contributed by atoms with E-state index in [1.165, 1.54) is 25.0 Å². The highest BCUT2D eigenvalue weighted by atomic mass is 19.1. The van der Waals surface area contributed by atoms with Crippen molar-refractivity contribution in [1.29, 1.82) is 0 Å². The average Bonchev–Trinajstić information content (AvgIpc) is 3.33. The molecule has 1 heterocycles. The summed E-state index contributed by atoms with van der Waals surface area (Å²) in [6, 6.07) is 7.13. The summed E-state index contributed by atoms with van der Waals surface area (Å²) in [6.07, 6.45) is 8.94. The third-order valence-electron chi connectivity index (χ3n) is 4.55. The second kappa shape index (κ2) is 6.56. The maximum Gasteiger partial charge on any atom is 0.313 e.